The van der Waals surface area contributed by atoms with E-state index in [2.05, 4.69) is 11.9 Å². The number of methoxy groups -OCH3 is 1. The van der Waals surface area contributed by atoms with Gasteiger partial charge in [0.05, 0.1) is 24.0 Å². The summed E-state index contributed by atoms with van der Waals surface area (Å²) in [6, 6.07) is 3.08. The van der Waals surface area contributed by atoms with Crippen LogP contribution in [0.4, 0.5) is 4.39 Å². The molecule has 1 heterocycles. The van der Waals surface area contributed by atoms with E-state index < -0.39 is 5.82 Å². The van der Waals surface area contributed by atoms with Gasteiger partial charge in [0.1, 0.15) is 5.82 Å². The summed E-state index contributed by atoms with van der Waals surface area (Å²) in [6.07, 6.45) is 2.12. The molecular formula is C13H16ClFN2O. The Hall–Kier alpha value is -1.29. The summed E-state index contributed by atoms with van der Waals surface area (Å²) in [6.45, 7) is 2.96. The molecule has 0 unspecified atom stereocenters. The normalized spacial score (nSPS) is 11.1. The Morgan fingerprint density at radius 3 is 2.83 bits per heavy atom. The van der Waals surface area contributed by atoms with Gasteiger partial charge in [-0.05, 0) is 6.42 Å². The summed E-state index contributed by atoms with van der Waals surface area (Å²) in [5, 5.41) is 0. The maximum atomic E-state index is 13.6. The second kappa shape index (κ2) is 5.57. The van der Waals surface area contributed by atoms with Crippen molar-refractivity contribution in [1.82, 2.24) is 9.55 Å². The second-order valence-electron chi connectivity index (χ2n) is 4.14. The number of benzene rings is 1. The Kier molecular flexibility index (Phi) is 4.07. The third kappa shape index (κ3) is 2.29. The second-order valence-corrected chi connectivity index (χ2v) is 4.41. The number of hydrogen-bond acceptors (Lipinski definition) is 2. The maximum Gasteiger partial charge on any atom is 0.167 e. The number of ether oxygens (including phenoxy) is 1. The summed E-state index contributed by atoms with van der Waals surface area (Å²) in [5.41, 5.74) is 1.50. The number of imidazole rings is 1. The minimum absolute atomic E-state index is 0.237. The summed E-state index contributed by atoms with van der Waals surface area (Å²) in [4.78, 5) is 4.36. The lowest BCUT2D eigenvalue weighted by atomic mass is 10.2. The first-order chi connectivity index (χ1) is 8.71. The summed E-state index contributed by atoms with van der Waals surface area (Å²) >= 11 is 5.89. The molecule has 0 spiro atoms. The highest BCUT2D eigenvalue weighted by Crippen LogP contribution is 2.26. The molecule has 0 saturated carbocycles. The lowest BCUT2D eigenvalue weighted by molar-refractivity contribution is 0.387. The predicted molar refractivity (Wildman–Crippen MR) is 70.7 cm³/mol. The Morgan fingerprint density at radius 1 is 1.44 bits per heavy atom. The Labute approximate surface area is 111 Å². The Bertz CT molecular complexity index is 553. The van der Waals surface area contributed by atoms with Gasteiger partial charge in [0.2, 0.25) is 0 Å². The summed E-state index contributed by atoms with van der Waals surface area (Å²) in [7, 11) is 1.46. The highest BCUT2D eigenvalue weighted by molar-refractivity contribution is 6.16. The summed E-state index contributed by atoms with van der Waals surface area (Å²) < 4.78 is 20.7. The van der Waals surface area contributed by atoms with E-state index in [1.165, 1.54) is 13.2 Å². The van der Waals surface area contributed by atoms with Gasteiger partial charge in [-0.1, -0.05) is 13.3 Å². The minimum atomic E-state index is -0.397. The van der Waals surface area contributed by atoms with Crippen LogP contribution in [0.5, 0.6) is 5.75 Å². The Balaban J connectivity index is 2.57. The first-order valence-electron chi connectivity index (χ1n) is 5.99. The average molecular weight is 271 g/mol. The number of aromatic nitrogens is 2. The molecule has 0 atom stereocenters. The lowest BCUT2D eigenvalue weighted by Gasteiger charge is -2.07. The van der Waals surface area contributed by atoms with Crippen molar-refractivity contribution in [3.63, 3.8) is 0 Å². The number of rotatable bonds is 5. The molecule has 5 heteroatoms. The fourth-order valence-corrected chi connectivity index (χ4v) is 2.20. The highest BCUT2D eigenvalue weighted by Gasteiger charge is 2.13. The SMILES string of the molecule is CCCCn1c(CCl)nc2cc(F)c(OC)cc21. The van der Waals surface area contributed by atoms with Crippen LogP contribution >= 0.6 is 11.6 Å². The summed E-state index contributed by atoms with van der Waals surface area (Å²) in [5.74, 6) is 0.933. The molecule has 1 aromatic carbocycles. The van der Waals surface area contributed by atoms with Crippen LogP contribution in [0.25, 0.3) is 11.0 Å². The third-order valence-electron chi connectivity index (χ3n) is 2.96. The number of nitrogens with zero attached hydrogens (tertiary/aromatic N) is 2. The molecule has 0 bridgehead atoms. The van der Waals surface area contributed by atoms with Gasteiger partial charge in [0.15, 0.2) is 11.6 Å². The monoisotopic (exact) mass is 270 g/mol. The van der Waals surface area contributed by atoms with E-state index in [0.717, 1.165) is 30.7 Å². The molecule has 0 N–H and O–H groups in total. The van der Waals surface area contributed by atoms with Crippen LogP contribution in [-0.4, -0.2) is 16.7 Å². The number of halogens is 2. The van der Waals surface area contributed by atoms with Crippen molar-refractivity contribution in [2.45, 2.75) is 32.2 Å². The van der Waals surface area contributed by atoms with E-state index in [4.69, 9.17) is 16.3 Å². The molecule has 2 rings (SSSR count). The number of hydrogen-bond donors (Lipinski definition) is 0. The van der Waals surface area contributed by atoms with Crippen LogP contribution in [0.2, 0.25) is 0 Å². The van der Waals surface area contributed by atoms with Crippen molar-refractivity contribution in [2.24, 2.45) is 0 Å². The fraction of sp³-hybridized carbons (Fsp3) is 0.462. The third-order valence-corrected chi connectivity index (χ3v) is 3.19. The largest absolute Gasteiger partial charge is 0.494 e. The molecule has 18 heavy (non-hydrogen) atoms. The predicted octanol–water partition coefficient (Wildman–Crippen LogP) is 3.72. The number of fused-ring (bicyclic) bond motifs is 1. The zero-order valence-corrected chi connectivity index (χ0v) is 11.3. The van der Waals surface area contributed by atoms with E-state index in [0.29, 0.717) is 11.4 Å². The van der Waals surface area contributed by atoms with Gasteiger partial charge in [-0.25, -0.2) is 9.37 Å². The molecule has 2 aromatic rings. The van der Waals surface area contributed by atoms with Crippen LogP contribution in [0.1, 0.15) is 25.6 Å². The van der Waals surface area contributed by atoms with Crippen molar-refractivity contribution < 1.29 is 9.13 Å². The van der Waals surface area contributed by atoms with Crippen molar-refractivity contribution >= 4 is 22.6 Å². The smallest absolute Gasteiger partial charge is 0.167 e. The van der Waals surface area contributed by atoms with Gasteiger partial charge in [-0.2, -0.15) is 0 Å². The number of unbranched alkanes of at least 4 members (excludes halogenated alkanes) is 1. The quantitative estimate of drug-likeness (QED) is 0.774. The van der Waals surface area contributed by atoms with Gasteiger partial charge in [0.25, 0.3) is 0 Å². The van der Waals surface area contributed by atoms with Crippen LogP contribution in [-0.2, 0) is 12.4 Å². The first-order valence-corrected chi connectivity index (χ1v) is 6.53. The van der Waals surface area contributed by atoms with Crippen molar-refractivity contribution in [1.29, 1.82) is 0 Å². The van der Waals surface area contributed by atoms with E-state index in [9.17, 15) is 4.39 Å². The van der Waals surface area contributed by atoms with E-state index in [1.807, 2.05) is 4.57 Å². The number of aryl methyl sites for hydroxylation is 1. The van der Waals surface area contributed by atoms with Gasteiger partial charge >= 0.3 is 0 Å². The zero-order chi connectivity index (χ0) is 13.1. The minimum Gasteiger partial charge on any atom is -0.494 e. The molecule has 1 aromatic heterocycles. The van der Waals surface area contributed by atoms with E-state index >= 15 is 0 Å². The Morgan fingerprint density at radius 2 is 2.22 bits per heavy atom. The van der Waals surface area contributed by atoms with E-state index in [-0.39, 0.29) is 5.75 Å². The van der Waals surface area contributed by atoms with Gasteiger partial charge in [0, 0.05) is 18.7 Å². The average Bonchev–Trinajstić information content (AvgIpc) is 2.71. The van der Waals surface area contributed by atoms with Crippen molar-refractivity contribution in [3.8, 4) is 5.75 Å². The molecule has 0 aliphatic heterocycles. The molecule has 98 valence electrons. The fourth-order valence-electron chi connectivity index (χ4n) is 2.00. The molecule has 0 fully saturated rings. The molecule has 3 nitrogen and oxygen atoms in total. The van der Waals surface area contributed by atoms with Crippen LogP contribution in [0.3, 0.4) is 0 Å². The van der Waals surface area contributed by atoms with Crippen molar-refractivity contribution in [2.75, 3.05) is 7.11 Å². The number of alkyl halides is 1. The molecule has 0 aliphatic carbocycles. The molecule has 0 aliphatic rings. The van der Waals surface area contributed by atoms with Crippen molar-refractivity contribution in [3.05, 3.63) is 23.8 Å². The standard InChI is InChI=1S/C13H16ClFN2O/c1-3-4-5-17-11-7-12(18-2)9(15)6-10(11)16-13(17)8-14/h6-7H,3-5,8H2,1-2H3. The maximum absolute atomic E-state index is 13.6. The molecule has 0 saturated heterocycles. The molecule has 0 radical (unpaired) electrons. The van der Waals surface area contributed by atoms with Crippen LogP contribution in [0, 0.1) is 5.82 Å². The topological polar surface area (TPSA) is 27.1 Å². The first kappa shape index (κ1) is 13.1. The highest BCUT2D eigenvalue weighted by atomic mass is 35.5. The van der Waals surface area contributed by atoms with Gasteiger partial charge in [-0.3, -0.25) is 0 Å². The van der Waals surface area contributed by atoms with Gasteiger partial charge in [-0.15, -0.1) is 11.6 Å². The zero-order valence-electron chi connectivity index (χ0n) is 10.5. The van der Waals surface area contributed by atoms with Crippen LogP contribution in [0.15, 0.2) is 12.1 Å². The molecule has 0 amide bonds. The van der Waals surface area contributed by atoms with E-state index in [1.54, 1.807) is 6.07 Å². The van der Waals surface area contributed by atoms with Gasteiger partial charge < -0.3 is 9.30 Å². The molecular weight excluding hydrogens is 255 g/mol. The lowest BCUT2D eigenvalue weighted by Crippen LogP contribution is -2.02. The van der Waals surface area contributed by atoms with Crippen LogP contribution < -0.4 is 4.74 Å².